The van der Waals surface area contributed by atoms with E-state index >= 15 is 0 Å². The predicted molar refractivity (Wildman–Crippen MR) is 82.8 cm³/mol. The van der Waals surface area contributed by atoms with Crippen LogP contribution in [-0.2, 0) is 11.0 Å². The Bertz CT molecular complexity index is 760. The highest BCUT2D eigenvalue weighted by atomic mass is 32.1. The fourth-order valence-electron chi connectivity index (χ4n) is 3.88. The molecule has 1 amide bonds. The predicted octanol–water partition coefficient (Wildman–Crippen LogP) is 3.36. The van der Waals surface area contributed by atoms with Crippen molar-refractivity contribution in [2.45, 2.75) is 31.1 Å². The van der Waals surface area contributed by atoms with E-state index in [4.69, 9.17) is 12.2 Å². The fraction of sp³-hybridized carbons (Fsp3) is 0.375. The highest BCUT2D eigenvalue weighted by Crippen LogP contribution is 2.50. The number of benzene rings is 1. The average molecular weight is 338 g/mol. The Morgan fingerprint density at radius 1 is 1.30 bits per heavy atom. The lowest BCUT2D eigenvalue weighted by Crippen LogP contribution is -2.49. The summed E-state index contributed by atoms with van der Waals surface area (Å²) in [6.07, 6.45) is 0.402. The molecule has 0 radical (unpaired) electrons. The van der Waals surface area contributed by atoms with Crippen molar-refractivity contribution in [2.24, 2.45) is 5.92 Å². The molecule has 4 rings (SSSR count). The molecule has 0 N–H and O–H groups in total. The number of fused-ring (bicyclic) bond motifs is 5. The van der Waals surface area contributed by atoms with Crippen LogP contribution in [-0.4, -0.2) is 27.5 Å². The van der Waals surface area contributed by atoms with Crippen LogP contribution < -0.4 is 4.90 Å². The molecule has 7 heteroatoms. The molecule has 2 saturated heterocycles. The molecule has 1 aromatic carbocycles. The van der Waals surface area contributed by atoms with Gasteiger partial charge in [-0.05, 0) is 43.8 Å². The highest BCUT2D eigenvalue weighted by molar-refractivity contribution is 7.80. The van der Waals surface area contributed by atoms with Gasteiger partial charge in [-0.2, -0.15) is 13.2 Å². The minimum atomic E-state index is -4.46. The molecular weight excluding hydrogens is 325 g/mol. The second-order valence-electron chi connectivity index (χ2n) is 6.28. The lowest BCUT2D eigenvalue weighted by Gasteiger charge is -2.33. The normalized spacial score (nSPS) is 32.2. The van der Waals surface area contributed by atoms with Gasteiger partial charge in [0.2, 0.25) is 0 Å². The number of anilines is 1. The van der Waals surface area contributed by atoms with Gasteiger partial charge in [0.15, 0.2) is 5.11 Å². The van der Waals surface area contributed by atoms with Crippen LogP contribution in [0.4, 0.5) is 18.9 Å². The Morgan fingerprint density at radius 3 is 2.70 bits per heavy atom. The Hall–Kier alpha value is -1.89. The van der Waals surface area contributed by atoms with Gasteiger partial charge in [0.25, 0.3) is 5.91 Å². The van der Waals surface area contributed by atoms with Crippen molar-refractivity contribution in [1.29, 1.82) is 0 Å². The molecule has 2 bridgehead atoms. The van der Waals surface area contributed by atoms with E-state index in [9.17, 15) is 18.0 Å². The van der Waals surface area contributed by atoms with Crippen LogP contribution >= 0.6 is 12.2 Å². The molecule has 120 valence electrons. The zero-order valence-electron chi connectivity index (χ0n) is 12.2. The molecule has 1 aliphatic carbocycles. The molecular formula is C16H13F3N2OS. The van der Waals surface area contributed by atoms with Crippen LogP contribution in [0.1, 0.15) is 18.9 Å². The van der Waals surface area contributed by atoms with Gasteiger partial charge in [-0.25, -0.2) is 0 Å². The number of alkyl halides is 3. The Balaban J connectivity index is 1.78. The standard InChI is InChI=1S/C16H13F3N2OS/c1-15-9-5-6-12(7-9)21(15)14(23)20(13(15)22)11-4-2-3-10(8-11)16(17,18)19/h2-6,8-9,12H,7H2,1H3/t9-,12+,15-/m1/s1. The van der Waals surface area contributed by atoms with Gasteiger partial charge < -0.3 is 4.90 Å². The summed E-state index contributed by atoms with van der Waals surface area (Å²) in [5, 5.41) is 0.286. The minimum absolute atomic E-state index is 0.0498. The SMILES string of the molecule is C[C@@]12C(=O)N(c3cccc(C(F)(F)F)c3)C(=S)N1[C@H]1C=C[C@@H]2C1. The zero-order valence-corrected chi connectivity index (χ0v) is 13.0. The van der Waals surface area contributed by atoms with E-state index in [1.807, 2.05) is 24.0 Å². The molecule has 2 heterocycles. The number of hydrogen-bond donors (Lipinski definition) is 0. The van der Waals surface area contributed by atoms with E-state index in [0.717, 1.165) is 18.6 Å². The van der Waals surface area contributed by atoms with E-state index < -0.39 is 17.3 Å². The van der Waals surface area contributed by atoms with E-state index in [0.29, 0.717) is 0 Å². The molecule has 0 unspecified atom stereocenters. The topological polar surface area (TPSA) is 23.6 Å². The van der Waals surface area contributed by atoms with Gasteiger partial charge in [0.05, 0.1) is 17.3 Å². The molecule has 3 atom stereocenters. The lowest BCUT2D eigenvalue weighted by molar-refractivity contribution is -0.137. The number of carbonyl (C=O) groups excluding carboxylic acids is 1. The summed E-state index contributed by atoms with van der Waals surface area (Å²) in [7, 11) is 0. The van der Waals surface area contributed by atoms with E-state index in [2.05, 4.69) is 0 Å². The van der Waals surface area contributed by atoms with Crippen molar-refractivity contribution in [3.63, 3.8) is 0 Å². The summed E-state index contributed by atoms with van der Waals surface area (Å²) < 4.78 is 38.8. The molecule has 0 spiro atoms. The Kier molecular flexibility index (Phi) is 2.77. The Morgan fingerprint density at radius 2 is 2.04 bits per heavy atom. The van der Waals surface area contributed by atoms with Crippen LogP contribution in [0.15, 0.2) is 36.4 Å². The van der Waals surface area contributed by atoms with E-state index in [-0.39, 0.29) is 28.7 Å². The third kappa shape index (κ3) is 1.77. The summed E-state index contributed by atoms with van der Waals surface area (Å²) in [6.45, 7) is 1.82. The number of nitrogens with zero attached hydrogens (tertiary/aromatic N) is 2. The maximum absolute atomic E-state index is 13.0. The molecule has 0 aromatic heterocycles. The third-order valence-corrected chi connectivity index (χ3v) is 5.46. The van der Waals surface area contributed by atoms with Crippen LogP contribution in [0.5, 0.6) is 0 Å². The van der Waals surface area contributed by atoms with Gasteiger partial charge >= 0.3 is 6.18 Å². The molecule has 23 heavy (non-hydrogen) atoms. The quantitative estimate of drug-likeness (QED) is 0.579. The second-order valence-corrected chi connectivity index (χ2v) is 6.65. The lowest BCUT2D eigenvalue weighted by atomic mass is 9.87. The zero-order chi connectivity index (χ0) is 16.6. The molecule has 3 aliphatic rings. The first-order valence-electron chi connectivity index (χ1n) is 7.28. The van der Waals surface area contributed by atoms with E-state index in [1.165, 1.54) is 17.0 Å². The van der Waals surface area contributed by atoms with Crippen LogP contribution in [0.2, 0.25) is 0 Å². The third-order valence-electron chi connectivity index (χ3n) is 5.08. The molecule has 3 nitrogen and oxygen atoms in total. The minimum Gasteiger partial charge on any atom is -0.327 e. The van der Waals surface area contributed by atoms with Gasteiger partial charge in [-0.1, -0.05) is 18.2 Å². The average Bonchev–Trinajstić information content (AvgIpc) is 3.11. The molecule has 2 fully saturated rings. The van der Waals surface area contributed by atoms with Crippen molar-refractivity contribution in [3.05, 3.63) is 42.0 Å². The van der Waals surface area contributed by atoms with Crippen LogP contribution in [0, 0.1) is 5.92 Å². The van der Waals surface area contributed by atoms with Crippen molar-refractivity contribution in [3.8, 4) is 0 Å². The second kappa shape index (κ2) is 4.35. The number of rotatable bonds is 1. The largest absolute Gasteiger partial charge is 0.416 e. The van der Waals surface area contributed by atoms with Gasteiger partial charge in [-0.3, -0.25) is 9.69 Å². The molecule has 0 saturated carbocycles. The number of carbonyl (C=O) groups is 1. The smallest absolute Gasteiger partial charge is 0.327 e. The molecule has 2 aliphatic heterocycles. The number of amides is 1. The van der Waals surface area contributed by atoms with Crippen molar-refractivity contribution >= 4 is 28.9 Å². The van der Waals surface area contributed by atoms with Crippen LogP contribution in [0.3, 0.4) is 0 Å². The van der Waals surface area contributed by atoms with Gasteiger partial charge in [0, 0.05) is 5.92 Å². The highest BCUT2D eigenvalue weighted by Gasteiger charge is 2.64. The first kappa shape index (κ1) is 14.7. The number of halogens is 3. The summed E-state index contributed by atoms with van der Waals surface area (Å²) in [6, 6.07) is 4.80. The van der Waals surface area contributed by atoms with Crippen molar-refractivity contribution in [1.82, 2.24) is 4.90 Å². The fourth-order valence-corrected chi connectivity index (χ4v) is 4.40. The summed E-state index contributed by atoms with van der Waals surface area (Å²) in [4.78, 5) is 16.1. The number of hydrogen-bond acceptors (Lipinski definition) is 2. The van der Waals surface area contributed by atoms with Crippen molar-refractivity contribution < 1.29 is 18.0 Å². The monoisotopic (exact) mass is 338 g/mol. The van der Waals surface area contributed by atoms with Crippen molar-refractivity contribution in [2.75, 3.05) is 4.90 Å². The first-order valence-corrected chi connectivity index (χ1v) is 7.69. The number of thiocarbonyl (C=S) groups is 1. The maximum atomic E-state index is 13.0. The first-order chi connectivity index (χ1) is 10.7. The molecule has 1 aromatic rings. The van der Waals surface area contributed by atoms with Crippen LogP contribution in [0.25, 0.3) is 0 Å². The van der Waals surface area contributed by atoms with Gasteiger partial charge in [0.1, 0.15) is 5.54 Å². The Labute approximate surface area is 136 Å². The summed E-state index contributed by atoms with van der Waals surface area (Å²) >= 11 is 5.43. The van der Waals surface area contributed by atoms with Gasteiger partial charge in [-0.15, -0.1) is 0 Å². The summed E-state index contributed by atoms with van der Waals surface area (Å²) in [5.74, 6) is -0.201. The summed E-state index contributed by atoms with van der Waals surface area (Å²) in [5.41, 5.74) is -1.40. The van der Waals surface area contributed by atoms with E-state index in [1.54, 1.807) is 0 Å². The maximum Gasteiger partial charge on any atom is 0.416 e.